The van der Waals surface area contributed by atoms with Gasteiger partial charge in [-0.2, -0.15) is 0 Å². The second kappa shape index (κ2) is 13.1. The summed E-state index contributed by atoms with van der Waals surface area (Å²) in [5, 5.41) is 2.50. The van der Waals surface area contributed by atoms with Gasteiger partial charge in [0.25, 0.3) is 0 Å². The van der Waals surface area contributed by atoms with Gasteiger partial charge in [0, 0.05) is 22.4 Å². The number of benzene rings is 2. The molecule has 3 rings (SSSR count). The van der Waals surface area contributed by atoms with E-state index in [1.54, 1.807) is 45.2 Å². The molecule has 200 valence electrons. The Labute approximate surface area is 226 Å². The first-order chi connectivity index (χ1) is 18.2. The molecule has 2 unspecified atom stereocenters. The van der Waals surface area contributed by atoms with Gasteiger partial charge in [-0.15, -0.1) is 11.3 Å². The van der Waals surface area contributed by atoms with Crippen LogP contribution >= 0.6 is 11.3 Å². The summed E-state index contributed by atoms with van der Waals surface area (Å²) in [6.45, 7) is 5.84. The Kier molecular flexibility index (Phi) is 9.90. The van der Waals surface area contributed by atoms with Crippen LogP contribution in [-0.4, -0.2) is 48.8 Å². The van der Waals surface area contributed by atoms with Crippen LogP contribution in [0.1, 0.15) is 39.2 Å². The van der Waals surface area contributed by atoms with Crippen molar-refractivity contribution >= 4 is 34.8 Å². The third kappa shape index (κ3) is 6.34. The molecule has 0 N–H and O–H groups in total. The minimum atomic E-state index is -1.39. The topological polar surface area (TPSA) is 109 Å². The predicted molar refractivity (Wildman–Crippen MR) is 144 cm³/mol. The average Bonchev–Trinajstić information content (AvgIpc) is 3.38. The van der Waals surface area contributed by atoms with E-state index < -0.39 is 41.3 Å². The highest BCUT2D eigenvalue weighted by molar-refractivity contribution is 7.13. The van der Waals surface area contributed by atoms with Gasteiger partial charge in [-0.25, -0.2) is 4.98 Å². The van der Waals surface area contributed by atoms with Crippen molar-refractivity contribution in [3.63, 3.8) is 0 Å². The van der Waals surface area contributed by atoms with Crippen LogP contribution in [0.15, 0.2) is 53.9 Å². The lowest BCUT2D eigenvalue weighted by molar-refractivity contribution is -0.157. The lowest BCUT2D eigenvalue weighted by atomic mass is 9.72. The second-order valence-corrected chi connectivity index (χ2v) is 9.42. The normalized spacial score (nSPS) is 13.2. The van der Waals surface area contributed by atoms with Gasteiger partial charge in [0.2, 0.25) is 0 Å². The molecular formula is C29H31NO7S. The molecule has 0 aliphatic heterocycles. The second-order valence-electron chi connectivity index (χ2n) is 8.56. The first-order valence-corrected chi connectivity index (χ1v) is 13.1. The molecule has 0 aliphatic carbocycles. The molecular weight excluding hydrogens is 506 g/mol. The van der Waals surface area contributed by atoms with Crippen LogP contribution in [0.4, 0.5) is 0 Å². The van der Waals surface area contributed by atoms with Crippen molar-refractivity contribution in [3.8, 4) is 27.6 Å². The van der Waals surface area contributed by atoms with Crippen molar-refractivity contribution in [3.05, 3.63) is 59.5 Å². The van der Waals surface area contributed by atoms with E-state index in [9.17, 15) is 19.2 Å². The molecule has 0 bridgehead atoms. The van der Waals surface area contributed by atoms with E-state index in [-0.39, 0.29) is 13.2 Å². The number of methoxy groups -OCH3 is 1. The third-order valence-electron chi connectivity index (χ3n) is 6.12. The van der Waals surface area contributed by atoms with Crippen LogP contribution < -0.4 is 4.74 Å². The Bertz CT molecular complexity index is 1260. The van der Waals surface area contributed by atoms with Crippen molar-refractivity contribution in [2.75, 3.05) is 20.3 Å². The van der Waals surface area contributed by atoms with E-state index >= 15 is 0 Å². The SMILES string of the molecule is CCOC(=O)C(C(C)=O)C(c1ccccc1-c1nc(-c2ccc(OC)cc2)cs1)C(C(C)=O)C(=O)OCC. The van der Waals surface area contributed by atoms with Gasteiger partial charge in [0.15, 0.2) is 0 Å². The van der Waals surface area contributed by atoms with Crippen LogP contribution in [0.5, 0.6) is 5.75 Å². The highest BCUT2D eigenvalue weighted by Crippen LogP contribution is 2.42. The van der Waals surface area contributed by atoms with Crippen LogP contribution in [0.2, 0.25) is 0 Å². The minimum Gasteiger partial charge on any atom is -0.497 e. The number of ether oxygens (including phenoxy) is 3. The van der Waals surface area contributed by atoms with Gasteiger partial charge in [-0.05, 0) is 57.5 Å². The zero-order chi connectivity index (χ0) is 27.8. The fourth-order valence-corrected chi connectivity index (χ4v) is 5.30. The summed E-state index contributed by atoms with van der Waals surface area (Å²) in [6.07, 6.45) is 0. The van der Waals surface area contributed by atoms with Crippen molar-refractivity contribution in [2.45, 2.75) is 33.6 Å². The maximum atomic E-state index is 13.1. The monoisotopic (exact) mass is 537 g/mol. The number of aromatic nitrogens is 1. The van der Waals surface area contributed by atoms with Crippen LogP contribution in [0.3, 0.4) is 0 Å². The summed E-state index contributed by atoms with van der Waals surface area (Å²) in [5.41, 5.74) is 2.67. The molecule has 38 heavy (non-hydrogen) atoms. The Morgan fingerprint density at radius 2 is 1.39 bits per heavy atom. The smallest absolute Gasteiger partial charge is 0.317 e. The van der Waals surface area contributed by atoms with Crippen molar-refractivity contribution in [1.82, 2.24) is 4.98 Å². The molecule has 1 heterocycles. The highest BCUT2D eigenvalue weighted by Gasteiger charge is 2.46. The van der Waals surface area contributed by atoms with Crippen molar-refractivity contribution in [2.24, 2.45) is 11.8 Å². The summed E-state index contributed by atoms with van der Waals surface area (Å²) in [7, 11) is 1.60. The molecule has 0 spiro atoms. The molecule has 2 aromatic carbocycles. The number of hydrogen-bond donors (Lipinski definition) is 0. The molecule has 3 aromatic rings. The summed E-state index contributed by atoms with van der Waals surface area (Å²) in [5.74, 6) is -5.84. The van der Waals surface area contributed by atoms with Gasteiger partial charge in [0.05, 0.1) is 26.0 Å². The molecule has 9 heteroatoms. The van der Waals surface area contributed by atoms with Crippen LogP contribution in [-0.2, 0) is 28.7 Å². The lowest BCUT2D eigenvalue weighted by Crippen LogP contribution is -2.40. The van der Waals surface area contributed by atoms with E-state index in [1.165, 1.54) is 25.2 Å². The van der Waals surface area contributed by atoms with E-state index in [2.05, 4.69) is 0 Å². The number of rotatable bonds is 12. The Morgan fingerprint density at radius 3 is 1.89 bits per heavy atom. The largest absolute Gasteiger partial charge is 0.497 e. The predicted octanol–water partition coefficient (Wildman–Crippen LogP) is 5.11. The summed E-state index contributed by atoms with van der Waals surface area (Å²) in [4.78, 5) is 56.7. The first-order valence-electron chi connectivity index (χ1n) is 12.3. The van der Waals surface area contributed by atoms with Gasteiger partial charge >= 0.3 is 11.9 Å². The number of carbonyl (C=O) groups is 4. The summed E-state index contributed by atoms with van der Waals surface area (Å²) >= 11 is 1.37. The number of nitrogens with zero attached hydrogens (tertiary/aromatic N) is 1. The molecule has 0 fully saturated rings. The number of esters is 2. The van der Waals surface area contributed by atoms with E-state index in [0.29, 0.717) is 16.1 Å². The quantitative estimate of drug-likeness (QED) is 0.232. The van der Waals surface area contributed by atoms with E-state index in [1.807, 2.05) is 29.6 Å². The minimum absolute atomic E-state index is 0.0405. The van der Waals surface area contributed by atoms with E-state index in [4.69, 9.17) is 19.2 Å². The van der Waals surface area contributed by atoms with Gasteiger partial charge in [0.1, 0.15) is 34.2 Å². The van der Waals surface area contributed by atoms with Gasteiger partial charge < -0.3 is 14.2 Å². The average molecular weight is 538 g/mol. The van der Waals surface area contributed by atoms with Crippen molar-refractivity contribution in [1.29, 1.82) is 0 Å². The standard InChI is InChI=1S/C29H31NO7S/c1-6-36-28(33)24(17(3)31)26(25(18(4)32)29(34)37-7-2)21-10-8-9-11-22(21)27-30-23(16-38-27)19-12-14-20(35-5)15-13-19/h8-16,24-26H,6-7H2,1-5H3. The van der Waals surface area contributed by atoms with Crippen LogP contribution in [0.25, 0.3) is 21.8 Å². The zero-order valence-corrected chi connectivity index (χ0v) is 22.9. The molecule has 0 amide bonds. The van der Waals surface area contributed by atoms with E-state index in [0.717, 1.165) is 17.0 Å². The molecule has 8 nitrogen and oxygen atoms in total. The summed E-state index contributed by atoms with van der Waals surface area (Å²) in [6, 6.07) is 14.5. The fourth-order valence-electron chi connectivity index (χ4n) is 4.42. The molecule has 0 radical (unpaired) electrons. The molecule has 0 saturated heterocycles. The maximum Gasteiger partial charge on any atom is 0.317 e. The zero-order valence-electron chi connectivity index (χ0n) is 22.1. The van der Waals surface area contributed by atoms with Crippen molar-refractivity contribution < 1.29 is 33.4 Å². The Hall–Kier alpha value is -3.85. The number of thiazole rings is 1. The maximum absolute atomic E-state index is 13.1. The van der Waals surface area contributed by atoms with Gasteiger partial charge in [-0.1, -0.05) is 24.3 Å². The summed E-state index contributed by atoms with van der Waals surface area (Å²) < 4.78 is 15.7. The number of carbonyl (C=O) groups excluding carboxylic acids is 4. The number of hydrogen-bond acceptors (Lipinski definition) is 9. The Morgan fingerprint density at radius 1 is 0.842 bits per heavy atom. The lowest BCUT2D eigenvalue weighted by Gasteiger charge is -2.30. The fraction of sp³-hybridized carbons (Fsp3) is 0.345. The molecule has 0 saturated carbocycles. The molecule has 1 aromatic heterocycles. The molecule has 0 aliphatic rings. The first kappa shape index (κ1) is 28.7. The number of Topliss-reactive ketones (excluding diaryl/α,β-unsaturated/α-hetero) is 2. The molecule has 2 atom stereocenters. The number of ketones is 2. The van der Waals surface area contributed by atoms with Gasteiger partial charge in [-0.3, -0.25) is 19.2 Å². The highest BCUT2D eigenvalue weighted by atomic mass is 32.1. The third-order valence-corrected chi connectivity index (χ3v) is 6.99. The van der Waals surface area contributed by atoms with Crippen LogP contribution in [0, 0.1) is 11.8 Å². The Balaban J connectivity index is 2.20.